The normalized spacial score (nSPS) is 48.0. The van der Waals surface area contributed by atoms with Gasteiger partial charge < -0.3 is 9.84 Å². The van der Waals surface area contributed by atoms with Crippen molar-refractivity contribution < 1.29 is 28.6 Å². The summed E-state index contributed by atoms with van der Waals surface area (Å²) < 4.78 is 23.5. The fourth-order valence-electron chi connectivity index (χ4n) is 8.89. The van der Waals surface area contributed by atoms with Gasteiger partial charge in [-0.15, -0.1) is 11.6 Å². The van der Waals surface area contributed by atoms with Gasteiger partial charge in [0, 0.05) is 36.0 Å². The Labute approximate surface area is 207 Å². The summed E-state index contributed by atoms with van der Waals surface area (Å²) >= 11 is 6.09. The van der Waals surface area contributed by atoms with Crippen LogP contribution in [-0.2, 0) is 19.1 Å². The van der Waals surface area contributed by atoms with Crippen LogP contribution in [0.1, 0.15) is 91.9 Å². The second-order valence-electron chi connectivity index (χ2n) is 12.1. The molecule has 0 aromatic rings. The summed E-state index contributed by atoms with van der Waals surface area (Å²) in [5.41, 5.74) is -5.00. The molecule has 0 saturated heterocycles. The molecule has 3 unspecified atom stereocenters. The zero-order valence-electron chi connectivity index (χ0n) is 21.0. The van der Waals surface area contributed by atoms with Crippen molar-refractivity contribution in [1.29, 1.82) is 0 Å². The van der Waals surface area contributed by atoms with Gasteiger partial charge in [-0.05, 0) is 56.3 Å². The molecule has 0 bridgehead atoms. The highest BCUT2D eigenvalue weighted by molar-refractivity contribution is 6.29. The molecule has 0 heterocycles. The molecule has 0 aliphatic heterocycles. The van der Waals surface area contributed by atoms with E-state index < -0.39 is 40.1 Å². The average molecular weight is 499 g/mol. The largest absolute Gasteiger partial charge is 0.450 e. The zero-order valence-corrected chi connectivity index (χ0v) is 21.8. The van der Waals surface area contributed by atoms with E-state index in [4.69, 9.17) is 16.3 Å². The molecule has 4 aliphatic carbocycles. The maximum absolute atomic E-state index is 17.4. The van der Waals surface area contributed by atoms with E-state index in [0.717, 1.165) is 12.8 Å². The van der Waals surface area contributed by atoms with Crippen molar-refractivity contribution in [3.63, 3.8) is 0 Å². The van der Waals surface area contributed by atoms with E-state index in [-0.39, 0.29) is 48.0 Å². The molecule has 5 nitrogen and oxygen atoms in total. The first-order valence-corrected chi connectivity index (χ1v) is 13.7. The number of carbonyl (C=O) groups excluding carboxylic acids is 3. The molecule has 4 saturated carbocycles. The SMILES string of the molecule is CCCCC(=O)O[C@]1(C(=O)CCl)C(C)C[C@H]2[C@@H]3CCC4CC(=O)CC[C@]4(C)[C@@]3(F)C(O)C[C@@]21C. The highest BCUT2D eigenvalue weighted by Gasteiger charge is 2.77. The molecule has 9 atom stereocenters. The summed E-state index contributed by atoms with van der Waals surface area (Å²) in [6.07, 6.45) is 3.45. The standard InChI is InChI=1S/C27H40ClFO5/c1-5-6-7-23(33)34-27(22(32)15-28)16(2)12-20-19-9-8-17-13-18(30)10-11-24(17,3)26(19,29)21(31)14-25(20,27)4/h16-17,19-21,31H,5-15H2,1-4H3/t16?,17?,19-,20-,21?,24-,25-,26-,27-/m0/s1. The van der Waals surface area contributed by atoms with Crippen molar-refractivity contribution in [2.24, 2.45) is 34.5 Å². The van der Waals surface area contributed by atoms with Crippen molar-refractivity contribution in [3.05, 3.63) is 0 Å². The summed E-state index contributed by atoms with van der Waals surface area (Å²) in [4.78, 5) is 38.5. The van der Waals surface area contributed by atoms with Crippen LogP contribution in [0.25, 0.3) is 0 Å². The number of rotatable bonds is 6. The third-order valence-electron chi connectivity index (χ3n) is 10.6. The summed E-state index contributed by atoms with van der Waals surface area (Å²) in [7, 11) is 0. The minimum Gasteiger partial charge on any atom is -0.450 e. The highest BCUT2D eigenvalue weighted by atomic mass is 35.5. The Morgan fingerprint density at radius 1 is 1.21 bits per heavy atom. The van der Waals surface area contributed by atoms with Crippen molar-refractivity contribution in [2.75, 3.05) is 5.88 Å². The minimum atomic E-state index is -1.84. The predicted molar refractivity (Wildman–Crippen MR) is 127 cm³/mol. The molecule has 4 fully saturated rings. The smallest absolute Gasteiger partial charge is 0.306 e. The minimum absolute atomic E-state index is 0.0367. The highest BCUT2D eigenvalue weighted by Crippen LogP contribution is 2.72. The van der Waals surface area contributed by atoms with E-state index in [1.165, 1.54) is 0 Å². The average Bonchev–Trinajstić information content (AvgIpc) is 3.00. The van der Waals surface area contributed by atoms with Gasteiger partial charge in [0.15, 0.2) is 11.4 Å². The first-order valence-electron chi connectivity index (χ1n) is 13.1. The molecule has 0 aromatic carbocycles. The molecule has 0 aromatic heterocycles. The number of ketones is 2. The summed E-state index contributed by atoms with van der Waals surface area (Å²) in [5, 5.41) is 11.5. The fraction of sp³-hybridized carbons (Fsp3) is 0.889. The third kappa shape index (κ3) is 3.29. The van der Waals surface area contributed by atoms with E-state index in [2.05, 4.69) is 0 Å². The molecule has 192 valence electrons. The Morgan fingerprint density at radius 2 is 1.91 bits per heavy atom. The van der Waals surface area contributed by atoms with Gasteiger partial charge in [0.25, 0.3) is 0 Å². The van der Waals surface area contributed by atoms with Crippen LogP contribution in [-0.4, -0.2) is 45.9 Å². The number of Topliss-reactive ketones (excluding diaryl/α,β-unsaturated/α-hetero) is 2. The van der Waals surface area contributed by atoms with E-state index in [1.54, 1.807) is 0 Å². The maximum Gasteiger partial charge on any atom is 0.306 e. The Balaban J connectivity index is 1.77. The molecule has 34 heavy (non-hydrogen) atoms. The van der Waals surface area contributed by atoms with Crippen LogP contribution in [0.3, 0.4) is 0 Å². The lowest BCUT2D eigenvalue weighted by atomic mass is 9.42. The third-order valence-corrected chi connectivity index (χ3v) is 10.9. The van der Waals surface area contributed by atoms with Crippen LogP contribution in [0.4, 0.5) is 4.39 Å². The van der Waals surface area contributed by atoms with Gasteiger partial charge in [0.05, 0.1) is 12.0 Å². The van der Waals surface area contributed by atoms with Crippen LogP contribution >= 0.6 is 11.6 Å². The Kier molecular flexibility index (Phi) is 6.77. The molecular formula is C27H40ClFO5. The van der Waals surface area contributed by atoms with E-state index in [9.17, 15) is 19.5 Å². The van der Waals surface area contributed by atoms with Crippen LogP contribution in [0.5, 0.6) is 0 Å². The van der Waals surface area contributed by atoms with Gasteiger partial charge in [0.1, 0.15) is 11.5 Å². The van der Waals surface area contributed by atoms with Crippen LogP contribution in [0, 0.1) is 34.5 Å². The summed E-state index contributed by atoms with van der Waals surface area (Å²) in [6.45, 7) is 7.71. The monoisotopic (exact) mass is 498 g/mol. The number of ether oxygens (including phenoxy) is 1. The molecule has 1 N–H and O–H groups in total. The molecule has 0 radical (unpaired) electrons. The number of halogens is 2. The molecule has 4 aliphatic rings. The lowest BCUT2D eigenvalue weighted by Crippen LogP contribution is -2.71. The second-order valence-corrected chi connectivity index (χ2v) is 12.3. The van der Waals surface area contributed by atoms with Gasteiger partial charge in [-0.3, -0.25) is 14.4 Å². The van der Waals surface area contributed by atoms with Crippen molar-refractivity contribution in [2.45, 2.75) is 109 Å². The fourth-order valence-corrected chi connectivity index (χ4v) is 9.09. The first kappa shape index (κ1) is 26.1. The molecular weight excluding hydrogens is 459 g/mol. The molecule has 7 heteroatoms. The van der Waals surface area contributed by atoms with Crippen molar-refractivity contribution in [1.82, 2.24) is 0 Å². The van der Waals surface area contributed by atoms with Gasteiger partial charge in [0.2, 0.25) is 0 Å². The molecule has 4 rings (SSSR count). The number of hydrogen-bond donors (Lipinski definition) is 1. The molecule has 0 amide bonds. The van der Waals surface area contributed by atoms with Gasteiger partial charge in [-0.2, -0.15) is 0 Å². The second kappa shape index (κ2) is 8.83. The van der Waals surface area contributed by atoms with Crippen LogP contribution < -0.4 is 0 Å². The molecule has 0 spiro atoms. The zero-order chi connectivity index (χ0) is 25.1. The topological polar surface area (TPSA) is 80.7 Å². The van der Waals surface area contributed by atoms with Gasteiger partial charge in [-0.1, -0.05) is 34.1 Å². The number of unbranched alkanes of at least 4 members (excludes halogenated alkanes) is 1. The lowest BCUT2D eigenvalue weighted by Gasteiger charge is -2.65. The lowest BCUT2D eigenvalue weighted by molar-refractivity contribution is -0.257. The van der Waals surface area contributed by atoms with E-state index >= 15 is 4.39 Å². The van der Waals surface area contributed by atoms with Crippen molar-refractivity contribution >= 4 is 29.1 Å². The number of esters is 1. The Bertz CT molecular complexity index is 864. The summed E-state index contributed by atoms with van der Waals surface area (Å²) in [5.74, 6) is -1.98. The number of hydrogen-bond acceptors (Lipinski definition) is 5. The van der Waals surface area contributed by atoms with E-state index in [0.29, 0.717) is 38.5 Å². The number of aliphatic hydroxyl groups excluding tert-OH is 1. The van der Waals surface area contributed by atoms with Gasteiger partial charge in [-0.25, -0.2) is 4.39 Å². The number of aliphatic hydroxyl groups is 1. The first-order chi connectivity index (χ1) is 15.9. The summed E-state index contributed by atoms with van der Waals surface area (Å²) in [6, 6.07) is 0. The Morgan fingerprint density at radius 3 is 2.56 bits per heavy atom. The maximum atomic E-state index is 17.4. The number of carbonyl (C=O) groups is 3. The number of fused-ring (bicyclic) bond motifs is 5. The Hall–Kier alpha value is -1.01. The van der Waals surface area contributed by atoms with E-state index in [1.807, 2.05) is 27.7 Å². The number of alkyl halides is 2. The van der Waals surface area contributed by atoms with Crippen LogP contribution in [0.2, 0.25) is 0 Å². The van der Waals surface area contributed by atoms with Gasteiger partial charge >= 0.3 is 5.97 Å². The quantitative estimate of drug-likeness (QED) is 0.402. The van der Waals surface area contributed by atoms with Crippen molar-refractivity contribution in [3.8, 4) is 0 Å². The van der Waals surface area contributed by atoms with Crippen LogP contribution in [0.15, 0.2) is 0 Å². The predicted octanol–water partition coefficient (Wildman–Crippen LogP) is 5.19.